The highest BCUT2D eigenvalue weighted by Crippen LogP contribution is 2.41. The van der Waals surface area contributed by atoms with Gasteiger partial charge in [0.15, 0.2) is 11.4 Å². The molecule has 2 unspecified atom stereocenters. The SMILES string of the molecule is CCC(C)c1ccc2nc(-c3cccc(-n4c5ccccc5c5ccc6c7ccccc7oc6c54)c3)nc(C3=CC=CC(C)C3)c2c1. The maximum absolute atomic E-state index is 6.59. The second-order valence-corrected chi connectivity index (χ2v) is 13.1. The predicted molar refractivity (Wildman–Crippen MR) is 196 cm³/mol. The first kappa shape index (κ1) is 27.8. The van der Waals surface area contributed by atoms with Crippen LogP contribution in [0.5, 0.6) is 0 Å². The molecule has 0 aliphatic heterocycles. The van der Waals surface area contributed by atoms with Crippen LogP contribution in [0.4, 0.5) is 0 Å². The van der Waals surface area contributed by atoms with E-state index in [1.54, 1.807) is 0 Å². The van der Waals surface area contributed by atoms with Gasteiger partial charge in [0, 0.05) is 38.2 Å². The minimum absolute atomic E-state index is 0.468. The van der Waals surface area contributed by atoms with Crippen LogP contribution in [0.2, 0.25) is 0 Å². The van der Waals surface area contributed by atoms with Crippen LogP contribution < -0.4 is 0 Å². The minimum Gasteiger partial charge on any atom is -0.454 e. The largest absolute Gasteiger partial charge is 0.454 e. The Morgan fingerprint density at radius 3 is 2.51 bits per heavy atom. The van der Waals surface area contributed by atoms with Gasteiger partial charge in [-0.15, -0.1) is 0 Å². The maximum atomic E-state index is 6.59. The molecule has 5 aromatic carbocycles. The first-order valence-electron chi connectivity index (χ1n) is 16.7. The van der Waals surface area contributed by atoms with Crippen LogP contribution >= 0.6 is 0 Å². The molecule has 228 valence electrons. The van der Waals surface area contributed by atoms with E-state index in [1.807, 2.05) is 12.1 Å². The summed E-state index contributed by atoms with van der Waals surface area (Å²) >= 11 is 0. The second-order valence-electron chi connectivity index (χ2n) is 13.1. The van der Waals surface area contributed by atoms with Gasteiger partial charge < -0.3 is 8.98 Å². The summed E-state index contributed by atoms with van der Waals surface area (Å²) < 4.78 is 8.93. The van der Waals surface area contributed by atoms with E-state index in [2.05, 4.69) is 135 Å². The Labute approximate surface area is 273 Å². The molecule has 0 N–H and O–H groups in total. The van der Waals surface area contributed by atoms with Crippen LogP contribution in [0.3, 0.4) is 0 Å². The van der Waals surface area contributed by atoms with E-state index in [9.17, 15) is 0 Å². The second kappa shape index (κ2) is 10.8. The van der Waals surface area contributed by atoms with Crippen LogP contribution in [0.25, 0.3) is 77.3 Å². The molecule has 3 aromatic heterocycles. The van der Waals surface area contributed by atoms with Gasteiger partial charge in [0.05, 0.1) is 22.2 Å². The Kier molecular flexibility index (Phi) is 6.39. The molecular formula is C43H35N3O. The Morgan fingerprint density at radius 2 is 1.64 bits per heavy atom. The van der Waals surface area contributed by atoms with Gasteiger partial charge in [-0.05, 0) is 78.3 Å². The van der Waals surface area contributed by atoms with Crippen molar-refractivity contribution in [3.05, 3.63) is 133 Å². The maximum Gasteiger partial charge on any atom is 0.160 e. The van der Waals surface area contributed by atoms with Crippen LogP contribution in [-0.4, -0.2) is 14.5 Å². The lowest BCUT2D eigenvalue weighted by atomic mass is 9.90. The topological polar surface area (TPSA) is 43.9 Å². The van der Waals surface area contributed by atoms with Gasteiger partial charge in [0.25, 0.3) is 0 Å². The average Bonchev–Trinajstić information content (AvgIpc) is 3.67. The molecule has 0 amide bonds. The monoisotopic (exact) mass is 609 g/mol. The number of rotatable bonds is 5. The first-order chi connectivity index (χ1) is 23.1. The molecule has 47 heavy (non-hydrogen) atoms. The van der Waals surface area contributed by atoms with Gasteiger partial charge in [0.1, 0.15) is 5.58 Å². The van der Waals surface area contributed by atoms with Crippen LogP contribution in [-0.2, 0) is 0 Å². The van der Waals surface area contributed by atoms with Crippen molar-refractivity contribution in [1.29, 1.82) is 0 Å². The molecule has 1 aliphatic carbocycles. The summed E-state index contributed by atoms with van der Waals surface area (Å²) in [5.74, 6) is 1.69. The Bertz CT molecular complexity index is 2580. The number of fused-ring (bicyclic) bond motifs is 8. The van der Waals surface area contributed by atoms with E-state index in [4.69, 9.17) is 14.4 Å². The summed E-state index contributed by atoms with van der Waals surface area (Å²) in [5.41, 5.74) is 10.7. The Morgan fingerprint density at radius 1 is 0.809 bits per heavy atom. The number of hydrogen-bond donors (Lipinski definition) is 0. The van der Waals surface area contributed by atoms with Crippen molar-refractivity contribution < 1.29 is 4.42 Å². The molecule has 0 radical (unpaired) electrons. The molecule has 0 saturated heterocycles. The van der Waals surface area contributed by atoms with Crippen molar-refractivity contribution in [1.82, 2.24) is 14.5 Å². The number of allylic oxidation sites excluding steroid dienone is 4. The van der Waals surface area contributed by atoms with E-state index >= 15 is 0 Å². The van der Waals surface area contributed by atoms with E-state index in [-0.39, 0.29) is 0 Å². The zero-order valence-electron chi connectivity index (χ0n) is 26.9. The number of benzene rings is 5. The first-order valence-corrected chi connectivity index (χ1v) is 16.7. The summed E-state index contributed by atoms with van der Waals surface area (Å²) in [7, 11) is 0. The molecule has 1 aliphatic rings. The van der Waals surface area contributed by atoms with Crippen molar-refractivity contribution in [3.63, 3.8) is 0 Å². The van der Waals surface area contributed by atoms with E-state index in [0.29, 0.717) is 11.8 Å². The van der Waals surface area contributed by atoms with Crippen LogP contribution in [0, 0.1) is 5.92 Å². The van der Waals surface area contributed by atoms with Crippen molar-refractivity contribution >= 4 is 60.2 Å². The normalized spacial score (nSPS) is 15.7. The van der Waals surface area contributed by atoms with Crippen LogP contribution in [0.1, 0.15) is 50.8 Å². The molecule has 4 heteroatoms. The van der Waals surface area contributed by atoms with Crippen molar-refractivity contribution in [3.8, 4) is 17.1 Å². The Balaban J connectivity index is 1.28. The van der Waals surface area contributed by atoms with Gasteiger partial charge in [0.2, 0.25) is 0 Å². The van der Waals surface area contributed by atoms with Gasteiger partial charge in [-0.2, -0.15) is 0 Å². The van der Waals surface area contributed by atoms with Gasteiger partial charge in [-0.1, -0.05) is 99.7 Å². The molecule has 3 heterocycles. The summed E-state index contributed by atoms with van der Waals surface area (Å²) in [5, 5.41) is 5.75. The lowest BCUT2D eigenvalue weighted by Crippen LogP contribution is -2.04. The molecule has 0 fully saturated rings. The zero-order chi connectivity index (χ0) is 31.6. The lowest BCUT2D eigenvalue weighted by Gasteiger charge is -2.18. The number of furan rings is 1. The fraction of sp³-hybridized carbons (Fsp3) is 0.163. The van der Waals surface area contributed by atoms with Gasteiger partial charge >= 0.3 is 0 Å². The molecular weight excluding hydrogens is 574 g/mol. The zero-order valence-corrected chi connectivity index (χ0v) is 26.9. The van der Waals surface area contributed by atoms with Crippen molar-refractivity contribution in [2.45, 2.75) is 39.5 Å². The van der Waals surface area contributed by atoms with Gasteiger partial charge in [-0.25, -0.2) is 9.97 Å². The van der Waals surface area contributed by atoms with Gasteiger partial charge in [-0.3, -0.25) is 0 Å². The highest BCUT2D eigenvalue weighted by molar-refractivity contribution is 6.21. The third kappa shape index (κ3) is 4.43. The third-order valence-corrected chi connectivity index (χ3v) is 10.0. The van der Waals surface area contributed by atoms with Crippen molar-refractivity contribution in [2.24, 2.45) is 5.92 Å². The lowest BCUT2D eigenvalue weighted by molar-refractivity contribution is 0.671. The number of hydrogen-bond acceptors (Lipinski definition) is 3. The van der Waals surface area contributed by atoms with E-state index in [0.717, 1.165) is 79.5 Å². The number of nitrogens with zero attached hydrogens (tertiary/aromatic N) is 3. The standard InChI is InChI=1S/C43H35N3O/c1-4-27(3)28-19-22-37-36(25-28)40(29-12-9-11-26(2)23-29)45-43(44-37)30-13-10-14-31(24-30)46-38-17-7-5-15-32(38)34-20-21-35-33-16-6-8-18-39(33)47-42(35)41(34)46/h5-22,24-27H,4,23H2,1-3H3. The summed E-state index contributed by atoms with van der Waals surface area (Å²) in [6.07, 6.45) is 8.74. The Hall–Kier alpha value is -5.48. The molecule has 2 atom stereocenters. The molecule has 4 nitrogen and oxygen atoms in total. The summed E-state index contributed by atoms with van der Waals surface area (Å²) in [6, 6.07) is 36.7. The summed E-state index contributed by atoms with van der Waals surface area (Å²) in [4.78, 5) is 10.5. The highest BCUT2D eigenvalue weighted by atomic mass is 16.3. The van der Waals surface area contributed by atoms with E-state index in [1.165, 1.54) is 21.9 Å². The molecule has 0 bridgehead atoms. The number of para-hydroxylation sites is 2. The average molecular weight is 610 g/mol. The highest BCUT2D eigenvalue weighted by Gasteiger charge is 2.21. The minimum atomic E-state index is 0.468. The molecule has 0 saturated carbocycles. The summed E-state index contributed by atoms with van der Waals surface area (Å²) in [6.45, 7) is 6.81. The van der Waals surface area contributed by atoms with E-state index < -0.39 is 0 Å². The molecule has 0 spiro atoms. The fourth-order valence-electron chi connectivity index (χ4n) is 7.37. The smallest absolute Gasteiger partial charge is 0.160 e. The van der Waals surface area contributed by atoms with Crippen molar-refractivity contribution in [2.75, 3.05) is 0 Å². The number of aromatic nitrogens is 3. The molecule has 9 rings (SSSR count). The van der Waals surface area contributed by atoms with Crippen LogP contribution in [0.15, 0.2) is 126 Å². The quantitative estimate of drug-likeness (QED) is 0.195. The third-order valence-electron chi connectivity index (χ3n) is 10.0. The fourth-order valence-corrected chi connectivity index (χ4v) is 7.37. The molecule has 8 aromatic rings. The predicted octanol–water partition coefficient (Wildman–Crippen LogP) is 11.8.